The molecule has 2 aromatic rings. The molecule has 0 aliphatic heterocycles. The quantitative estimate of drug-likeness (QED) is 0.274. The maximum absolute atomic E-state index is 12.1. The van der Waals surface area contributed by atoms with Crippen LogP contribution in [-0.2, 0) is 28.6 Å². The molecule has 0 aliphatic carbocycles. The largest absolute Gasteiger partial charge is 0.493 e. The van der Waals surface area contributed by atoms with Crippen LogP contribution in [-0.4, -0.2) is 59.1 Å². The Morgan fingerprint density at radius 1 is 0.684 bits per heavy atom. The molecule has 0 amide bonds. The van der Waals surface area contributed by atoms with Gasteiger partial charge in [0.2, 0.25) is 5.75 Å². The molecule has 2 rings (SSSR count). The standard InChI is InChI=1S/C27H34O11/c1-15(36-17(3)29)20-12-23(33-7)27(24(13-20)34-8)38-25(14-35-16(2)28)26(37-18(4)30)19-9-10-21(31-5)22(11-19)32-6/h9-13,15,25-26H,14H2,1-8H3/t15?,25-,26-/m1/s1. The Hall–Kier alpha value is -4.15. The van der Waals surface area contributed by atoms with Crippen LogP contribution in [0.1, 0.15) is 51.0 Å². The number of carbonyl (C=O) groups is 3. The van der Waals surface area contributed by atoms with Crippen LogP contribution in [0.5, 0.6) is 28.7 Å². The van der Waals surface area contributed by atoms with Crippen LogP contribution >= 0.6 is 0 Å². The van der Waals surface area contributed by atoms with Crippen molar-refractivity contribution in [1.82, 2.24) is 0 Å². The van der Waals surface area contributed by atoms with E-state index in [1.165, 1.54) is 49.2 Å². The first kappa shape index (κ1) is 30.1. The molecule has 0 bridgehead atoms. The Morgan fingerprint density at radius 3 is 1.68 bits per heavy atom. The second-order valence-electron chi connectivity index (χ2n) is 8.11. The Labute approximate surface area is 221 Å². The number of ether oxygens (including phenoxy) is 8. The van der Waals surface area contributed by atoms with Gasteiger partial charge in [0.15, 0.2) is 35.2 Å². The molecule has 0 N–H and O–H groups in total. The smallest absolute Gasteiger partial charge is 0.303 e. The van der Waals surface area contributed by atoms with E-state index in [9.17, 15) is 14.4 Å². The lowest BCUT2D eigenvalue weighted by Gasteiger charge is -2.29. The zero-order chi connectivity index (χ0) is 28.4. The van der Waals surface area contributed by atoms with Crippen molar-refractivity contribution in [3.8, 4) is 28.7 Å². The van der Waals surface area contributed by atoms with Gasteiger partial charge >= 0.3 is 17.9 Å². The molecule has 0 radical (unpaired) electrons. The lowest BCUT2D eigenvalue weighted by atomic mass is 10.0. The van der Waals surface area contributed by atoms with Gasteiger partial charge in [0.05, 0.1) is 28.4 Å². The number of hydrogen-bond donors (Lipinski definition) is 0. The number of esters is 3. The first-order valence-corrected chi connectivity index (χ1v) is 11.7. The van der Waals surface area contributed by atoms with E-state index in [0.717, 1.165) is 0 Å². The second-order valence-corrected chi connectivity index (χ2v) is 8.11. The highest BCUT2D eigenvalue weighted by Crippen LogP contribution is 2.43. The Bertz CT molecular complexity index is 1100. The third-order valence-corrected chi connectivity index (χ3v) is 5.38. The Kier molecular flexibility index (Phi) is 11.1. The summed E-state index contributed by atoms with van der Waals surface area (Å²) >= 11 is 0. The minimum Gasteiger partial charge on any atom is -0.493 e. The summed E-state index contributed by atoms with van der Waals surface area (Å²) in [6.07, 6.45) is -2.68. The molecule has 0 saturated carbocycles. The third-order valence-electron chi connectivity index (χ3n) is 5.38. The molecule has 1 unspecified atom stereocenters. The average Bonchev–Trinajstić information content (AvgIpc) is 2.88. The number of carbonyl (C=O) groups excluding carboxylic acids is 3. The SMILES string of the molecule is COc1ccc([C@@H](OC(C)=O)[C@@H](COC(C)=O)Oc2c(OC)cc(C(C)OC(C)=O)cc2OC)cc1OC. The molecule has 0 heterocycles. The molecular formula is C27H34O11. The lowest BCUT2D eigenvalue weighted by Crippen LogP contribution is -2.34. The van der Waals surface area contributed by atoms with E-state index in [0.29, 0.717) is 22.6 Å². The first-order chi connectivity index (χ1) is 18.0. The summed E-state index contributed by atoms with van der Waals surface area (Å²) in [4.78, 5) is 35.3. The molecule has 11 nitrogen and oxygen atoms in total. The molecule has 2 aromatic carbocycles. The second kappa shape index (κ2) is 14.0. The molecule has 38 heavy (non-hydrogen) atoms. The highest BCUT2D eigenvalue weighted by Gasteiger charge is 2.33. The molecule has 0 aliphatic rings. The van der Waals surface area contributed by atoms with Crippen LogP contribution < -0.4 is 23.7 Å². The van der Waals surface area contributed by atoms with Crippen LogP contribution in [0.15, 0.2) is 30.3 Å². The van der Waals surface area contributed by atoms with Crippen molar-refractivity contribution >= 4 is 17.9 Å². The molecule has 11 heteroatoms. The Balaban J connectivity index is 2.62. The fourth-order valence-corrected chi connectivity index (χ4v) is 3.67. The summed E-state index contributed by atoms with van der Waals surface area (Å²) in [5.41, 5.74) is 1.09. The van der Waals surface area contributed by atoms with Crippen molar-refractivity contribution < 1.29 is 52.3 Å². The van der Waals surface area contributed by atoms with E-state index in [-0.39, 0.29) is 23.9 Å². The van der Waals surface area contributed by atoms with Crippen LogP contribution in [0.25, 0.3) is 0 Å². The predicted octanol–water partition coefficient (Wildman–Crippen LogP) is 3.96. The molecule has 0 spiro atoms. The van der Waals surface area contributed by atoms with Gasteiger partial charge in [-0.15, -0.1) is 0 Å². The van der Waals surface area contributed by atoms with Gasteiger partial charge < -0.3 is 37.9 Å². The molecule has 0 aromatic heterocycles. The summed E-state index contributed by atoms with van der Waals surface area (Å²) in [5, 5.41) is 0. The zero-order valence-corrected chi connectivity index (χ0v) is 22.8. The summed E-state index contributed by atoms with van der Waals surface area (Å²) in [6.45, 7) is 5.24. The van der Waals surface area contributed by atoms with Gasteiger partial charge in [0.25, 0.3) is 0 Å². The maximum Gasteiger partial charge on any atom is 0.303 e. The summed E-state index contributed by atoms with van der Waals surface area (Å²) < 4.78 is 44.3. The molecule has 0 fully saturated rings. The topological polar surface area (TPSA) is 125 Å². The van der Waals surface area contributed by atoms with E-state index < -0.39 is 36.2 Å². The van der Waals surface area contributed by atoms with Crippen molar-refractivity contribution in [3.05, 3.63) is 41.5 Å². The highest BCUT2D eigenvalue weighted by atomic mass is 16.6. The van der Waals surface area contributed by atoms with Crippen LogP contribution in [0.4, 0.5) is 0 Å². The van der Waals surface area contributed by atoms with Gasteiger partial charge in [-0.3, -0.25) is 14.4 Å². The fraction of sp³-hybridized carbons (Fsp3) is 0.444. The van der Waals surface area contributed by atoms with Crippen molar-refractivity contribution in [3.63, 3.8) is 0 Å². The summed E-state index contributed by atoms with van der Waals surface area (Å²) in [5.74, 6) is -0.0776. The monoisotopic (exact) mass is 534 g/mol. The normalized spacial score (nSPS) is 12.8. The summed E-state index contributed by atoms with van der Waals surface area (Å²) in [6, 6.07) is 8.23. The lowest BCUT2D eigenvalue weighted by molar-refractivity contribution is -0.157. The van der Waals surface area contributed by atoms with Gasteiger partial charge in [-0.1, -0.05) is 6.07 Å². The van der Waals surface area contributed by atoms with E-state index in [1.54, 1.807) is 37.3 Å². The Morgan fingerprint density at radius 2 is 1.21 bits per heavy atom. The molecular weight excluding hydrogens is 500 g/mol. The summed E-state index contributed by atoms with van der Waals surface area (Å²) in [7, 11) is 5.84. The highest BCUT2D eigenvalue weighted by molar-refractivity contribution is 5.67. The van der Waals surface area contributed by atoms with Gasteiger partial charge in [0.1, 0.15) is 12.7 Å². The van der Waals surface area contributed by atoms with Crippen LogP contribution in [0.3, 0.4) is 0 Å². The van der Waals surface area contributed by atoms with Gasteiger partial charge in [0, 0.05) is 26.3 Å². The van der Waals surface area contributed by atoms with Crippen molar-refractivity contribution in [1.29, 1.82) is 0 Å². The number of benzene rings is 2. The van der Waals surface area contributed by atoms with E-state index >= 15 is 0 Å². The van der Waals surface area contributed by atoms with Crippen molar-refractivity contribution in [2.45, 2.75) is 46.0 Å². The van der Waals surface area contributed by atoms with Gasteiger partial charge in [-0.25, -0.2) is 0 Å². The molecule has 3 atom stereocenters. The van der Waals surface area contributed by atoms with Gasteiger partial charge in [-0.2, -0.15) is 0 Å². The van der Waals surface area contributed by atoms with Gasteiger partial charge in [-0.05, 0) is 36.8 Å². The van der Waals surface area contributed by atoms with Crippen LogP contribution in [0, 0.1) is 0 Å². The minimum absolute atomic E-state index is 0.156. The molecule has 0 saturated heterocycles. The predicted molar refractivity (Wildman–Crippen MR) is 135 cm³/mol. The third kappa shape index (κ3) is 7.92. The van der Waals surface area contributed by atoms with Crippen LogP contribution in [0.2, 0.25) is 0 Å². The zero-order valence-electron chi connectivity index (χ0n) is 22.8. The average molecular weight is 535 g/mol. The van der Waals surface area contributed by atoms with E-state index in [1.807, 2.05) is 0 Å². The van der Waals surface area contributed by atoms with E-state index in [2.05, 4.69) is 0 Å². The number of rotatable bonds is 13. The van der Waals surface area contributed by atoms with E-state index in [4.69, 9.17) is 37.9 Å². The maximum atomic E-state index is 12.1. The fourth-order valence-electron chi connectivity index (χ4n) is 3.67. The number of hydrogen-bond acceptors (Lipinski definition) is 11. The molecule has 208 valence electrons. The van der Waals surface area contributed by atoms with Crippen molar-refractivity contribution in [2.75, 3.05) is 35.0 Å². The van der Waals surface area contributed by atoms with Crippen molar-refractivity contribution in [2.24, 2.45) is 0 Å². The number of methoxy groups -OCH3 is 4. The first-order valence-electron chi connectivity index (χ1n) is 11.7. The minimum atomic E-state index is -1.04.